The molecule has 4 rings (SSSR count). The third kappa shape index (κ3) is 2.59. The number of benzene rings is 2. The fourth-order valence-corrected chi connectivity index (χ4v) is 3.71. The Morgan fingerprint density at radius 2 is 1.85 bits per heavy atom. The molecular formula is C20H19N3O3. The Morgan fingerprint density at radius 1 is 1.15 bits per heavy atom. The second-order valence-corrected chi connectivity index (χ2v) is 6.77. The van der Waals surface area contributed by atoms with Gasteiger partial charge in [-0.2, -0.15) is 5.10 Å². The van der Waals surface area contributed by atoms with E-state index in [4.69, 9.17) is 0 Å². The number of nitrogens with zero attached hydrogens (tertiary/aromatic N) is 2. The number of aryl methyl sites for hydroxylation is 1. The number of hydrogen-bond acceptors (Lipinski definition) is 4. The van der Waals surface area contributed by atoms with Crippen molar-refractivity contribution in [2.24, 2.45) is 0 Å². The lowest BCUT2D eigenvalue weighted by atomic mass is 9.89. The maximum absolute atomic E-state index is 13.0. The molecule has 0 unspecified atom stereocenters. The molecule has 3 aromatic rings. The summed E-state index contributed by atoms with van der Waals surface area (Å²) in [5.74, 6) is -0.290. The van der Waals surface area contributed by atoms with Gasteiger partial charge in [-0.3, -0.25) is 9.59 Å². The van der Waals surface area contributed by atoms with Crippen LogP contribution in [0.1, 0.15) is 28.0 Å². The van der Waals surface area contributed by atoms with E-state index >= 15 is 0 Å². The van der Waals surface area contributed by atoms with Crippen molar-refractivity contribution >= 4 is 16.7 Å². The molecule has 0 radical (unpaired) electrons. The smallest absolute Gasteiger partial charge is 0.275 e. The lowest BCUT2D eigenvalue weighted by Gasteiger charge is -2.25. The number of amides is 1. The van der Waals surface area contributed by atoms with Crippen LogP contribution in [0.4, 0.5) is 0 Å². The van der Waals surface area contributed by atoms with E-state index in [1.165, 1.54) is 0 Å². The molecule has 0 aliphatic carbocycles. The van der Waals surface area contributed by atoms with E-state index < -0.39 is 5.60 Å². The molecule has 1 aliphatic heterocycles. The lowest BCUT2D eigenvalue weighted by Crippen LogP contribution is -2.35. The van der Waals surface area contributed by atoms with Crippen molar-refractivity contribution in [1.82, 2.24) is 15.1 Å². The molecule has 1 fully saturated rings. The van der Waals surface area contributed by atoms with Crippen molar-refractivity contribution in [3.8, 4) is 0 Å². The Bertz CT molecular complexity index is 1060. The summed E-state index contributed by atoms with van der Waals surface area (Å²) < 4.78 is 0. The number of aromatic amines is 1. The molecule has 26 heavy (non-hydrogen) atoms. The van der Waals surface area contributed by atoms with Crippen LogP contribution in [-0.4, -0.2) is 39.2 Å². The number of rotatable bonds is 2. The van der Waals surface area contributed by atoms with Gasteiger partial charge in [0.25, 0.3) is 11.5 Å². The summed E-state index contributed by atoms with van der Waals surface area (Å²) in [6, 6.07) is 14.6. The van der Waals surface area contributed by atoms with E-state index in [-0.39, 0.29) is 23.7 Å². The third-order valence-electron chi connectivity index (χ3n) is 5.08. The number of aromatic nitrogens is 2. The summed E-state index contributed by atoms with van der Waals surface area (Å²) in [6.07, 6.45) is 0.463. The Labute approximate surface area is 150 Å². The molecule has 1 saturated heterocycles. The minimum atomic E-state index is -1.07. The Kier molecular flexibility index (Phi) is 3.85. The number of fused-ring (bicyclic) bond motifs is 1. The van der Waals surface area contributed by atoms with Gasteiger partial charge in [-0.15, -0.1) is 0 Å². The maximum Gasteiger partial charge on any atom is 0.275 e. The number of likely N-dealkylation sites (tertiary alicyclic amines) is 1. The molecule has 2 N–H and O–H groups in total. The fraction of sp³-hybridized carbons (Fsp3) is 0.250. The van der Waals surface area contributed by atoms with E-state index in [1.807, 2.05) is 31.2 Å². The van der Waals surface area contributed by atoms with E-state index in [0.717, 1.165) is 11.1 Å². The van der Waals surface area contributed by atoms with Gasteiger partial charge < -0.3 is 10.0 Å². The lowest BCUT2D eigenvalue weighted by molar-refractivity contribution is 0.0411. The van der Waals surface area contributed by atoms with Crippen LogP contribution in [-0.2, 0) is 5.60 Å². The number of β-amino-alcohol motifs (C(OH)–C–C–N with tert-alkyl or cyclic N) is 1. The average molecular weight is 349 g/mol. The molecule has 6 nitrogen and oxygen atoms in total. The van der Waals surface area contributed by atoms with Crippen LogP contribution in [0.5, 0.6) is 0 Å². The van der Waals surface area contributed by atoms with Gasteiger partial charge in [0.1, 0.15) is 5.60 Å². The third-order valence-corrected chi connectivity index (χ3v) is 5.08. The molecule has 2 aromatic carbocycles. The minimum absolute atomic E-state index is 0.200. The quantitative estimate of drug-likeness (QED) is 0.741. The second-order valence-electron chi connectivity index (χ2n) is 6.77. The number of carbonyl (C=O) groups is 1. The summed E-state index contributed by atoms with van der Waals surface area (Å²) in [5.41, 5.74) is 0.648. The van der Waals surface area contributed by atoms with Gasteiger partial charge in [-0.05, 0) is 30.5 Å². The van der Waals surface area contributed by atoms with E-state index in [0.29, 0.717) is 23.7 Å². The highest BCUT2D eigenvalue weighted by molar-refractivity contribution is 6.04. The number of nitrogens with one attached hydrogen (secondary N) is 1. The van der Waals surface area contributed by atoms with Crippen molar-refractivity contribution < 1.29 is 9.90 Å². The number of carbonyl (C=O) groups excluding carboxylic acids is 1. The molecule has 6 heteroatoms. The summed E-state index contributed by atoms with van der Waals surface area (Å²) >= 11 is 0. The molecular weight excluding hydrogens is 330 g/mol. The normalized spacial score (nSPS) is 19.8. The molecule has 2 heterocycles. The van der Waals surface area contributed by atoms with E-state index in [1.54, 1.807) is 29.2 Å². The Balaban J connectivity index is 1.68. The zero-order chi connectivity index (χ0) is 18.3. The van der Waals surface area contributed by atoms with Gasteiger partial charge >= 0.3 is 0 Å². The van der Waals surface area contributed by atoms with Gasteiger partial charge in [0.15, 0.2) is 5.69 Å². The van der Waals surface area contributed by atoms with Crippen molar-refractivity contribution in [3.63, 3.8) is 0 Å². The zero-order valence-corrected chi connectivity index (χ0v) is 14.4. The number of H-pyrrole nitrogens is 1. The van der Waals surface area contributed by atoms with Crippen molar-refractivity contribution in [2.75, 3.05) is 13.1 Å². The summed E-state index contributed by atoms with van der Waals surface area (Å²) in [5, 5.41) is 18.4. The van der Waals surface area contributed by atoms with Gasteiger partial charge in [-0.1, -0.05) is 42.5 Å². The summed E-state index contributed by atoms with van der Waals surface area (Å²) in [6.45, 7) is 2.58. The van der Waals surface area contributed by atoms with Gasteiger partial charge in [-0.25, -0.2) is 5.10 Å². The molecule has 1 atom stereocenters. The van der Waals surface area contributed by atoms with Crippen LogP contribution in [0.2, 0.25) is 0 Å². The van der Waals surface area contributed by atoms with Gasteiger partial charge in [0.2, 0.25) is 0 Å². The predicted molar refractivity (Wildman–Crippen MR) is 98.0 cm³/mol. The average Bonchev–Trinajstić information content (AvgIpc) is 3.05. The topological polar surface area (TPSA) is 86.3 Å². The molecule has 1 aliphatic rings. The first-order chi connectivity index (χ1) is 12.5. The standard InChI is InChI=1S/C20H19N3O3/c1-13-6-2-5-9-16(13)20(26)10-11-23(12-20)19(25)17-14-7-3-4-8-15(14)18(24)22-21-17/h2-9,26H,10-12H2,1H3,(H,22,24)/t20-/m0/s1. The summed E-state index contributed by atoms with van der Waals surface area (Å²) in [4.78, 5) is 26.5. The Hall–Kier alpha value is -2.99. The highest BCUT2D eigenvalue weighted by Gasteiger charge is 2.41. The molecule has 1 aromatic heterocycles. The summed E-state index contributed by atoms with van der Waals surface area (Å²) in [7, 11) is 0. The first kappa shape index (κ1) is 16.5. The zero-order valence-electron chi connectivity index (χ0n) is 14.4. The fourth-order valence-electron chi connectivity index (χ4n) is 3.71. The molecule has 132 valence electrons. The van der Waals surface area contributed by atoms with Crippen molar-refractivity contribution in [3.05, 3.63) is 75.7 Å². The van der Waals surface area contributed by atoms with Crippen LogP contribution in [0, 0.1) is 6.92 Å². The molecule has 1 amide bonds. The molecule has 0 saturated carbocycles. The molecule has 0 spiro atoms. The highest BCUT2D eigenvalue weighted by atomic mass is 16.3. The van der Waals surface area contributed by atoms with Crippen LogP contribution in [0.15, 0.2) is 53.3 Å². The van der Waals surface area contributed by atoms with Crippen LogP contribution < -0.4 is 5.56 Å². The van der Waals surface area contributed by atoms with Crippen LogP contribution in [0.3, 0.4) is 0 Å². The van der Waals surface area contributed by atoms with Crippen molar-refractivity contribution in [1.29, 1.82) is 0 Å². The van der Waals surface area contributed by atoms with Crippen molar-refractivity contribution in [2.45, 2.75) is 18.9 Å². The van der Waals surface area contributed by atoms with Crippen LogP contribution >= 0.6 is 0 Å². The first-order valence-corrected chi connectivity index (χ1v) is 8.55. The van der Waals surface area contributed by atoms with E-state index in [9.17, 15) is 14.7 Å². The SMILES string of the molecule is Cc1ccccc1[C@]1(O)CCN(C(=O)c2n[nH]c(=O)c3ccccc23)C1. The predicted octanol–water partition coefficient (Wildman–Crippen LogP) is 1.97. The number of hydrogen-bond donors (Lipinski definition) is 2. The molecule has 0 bridgehead atoms. The first-order valence-electron chi connectivity index (χ1n) is 8.55. The Morgan fingerprint density at radius 3 is 2.62 bits per heavy atom. The number of aliphatic hydroxyl groups is 1. The minimum Gasteiger partial charge on any atom is -0.383 e. The van der Waals surface area contributed by atoms with E-state index in [2.05, 4.69) is 10.2 Å². The highest BCUT2D eigenvalue weighted by Crippen LogP contribution is 2.34. The van der Waals surface area contributed by atoms with Gasteiger partial charge in [0.05, 0.1) is 11.9 Å². The maximum atomic E-state index is 13.0. The van der Waals surface area contributed by atoms with Gasteiger partial charge in [0, 0.05) is 11.9 Å². The largest absolute Gasteiger partial charge is 0.383 e. The second kappa shape index (κ2) is 6.07. The monoisotopic (exact) mass is 349 g/mol. The van der Waals surface area contributed by atoms with Crippen LogP contribution in [0.25, 0.3) is 10.8 Å².